The van der Waals surface area contributed by atoms with Gasteiger partial charge in [0.25, 0.3) is 17.7 Å². The van der Waals surface area contributed by atoms with Crippen LogP contribution < -0.4 is 9.47 Å². The summed E-state index contributed by atoms with van der Waals surface area (Å²) in [4.78, 5) is 20.9. The van der Waals surface area contributed by atoms with E-state index in [1.165, 1.54) is 7.11 Å². The maximum absolute atomic E-state index is 15.1. The van der Waals surface area contributed by atoms with Crippen LogP contribution in [0.1, 0.15) is 5.56 Å². The summed E-state index contributed by atoms with van der Waals surface area (Å²) >= 11 is 7.97. The summed E-state index contributed by atoms with van der Waals surface area (Å²) in [6.07, 6.45) is 1.11. The molecular formula is C22H18ClFIN4O5V-. The summed E-state index contributed by atoms with van der Waals surface area (Å²) in [5.74, 6) is -1.09. The molecule has 35 heavy (non-hydrogen) atoms. The first-order valence-electron chi connectivity index (χ1n) is 9.58. The molecule has 3 aromatic rings. The summed E-state index contributed by atoms with van der Waals surface area (Å²) < 4.78 is 31.8. The fourth-order valence-corrected chi connectivity index (χ4v) is 2.85. The largest absolute Gasteiger partial charge is 0.470 e. The topological polar surface area (TPSA) is 96.7 Å². The Morgan fingerprint density at radius 3 is 2.29 bits per heavy atom. The number of ether oxygens (including phenoxy) is 3. The first kappa shape index (κ1) is 28.6. The zero-order chi connectivity index (χ0) is 24.3. The van der Waals surface area contributed by atoms with Gasteiger partial charge >= 0.3 is 0 Å². The van der Waals surface area contributed by atoms with Crippen LogP contribution in [0.3, 0.4) is 0 Å². The van der Waals surface area contributed by atoms with E-state index >= 15 is 4.39 Å². The van der Waals surface area contributed by atoms with Crippen molar-refractivity contribution in [3.63, 3.8) is 0 Å². The summed E-state index contributed by atoms with van der Waals surface area (Å²) in [6, 6.07) is 13.3. The first-order chi connectivity index (χ1) is 16.7. The molecule has 0 fully saturated rings. The smallest absolute Gasteiger partial charge is 0.280 e. The van der Waals surface area contributed by atoms with Gasteiger partial charge in [-0.05, 0) is 29.4 Å². The summed E-state index contributed by atoms with van der Waals surface area (Å²) in [6.45, 7) is 0.593. The van der Waals surface area contributed by atoms with Crippen LogP contribution >= 0.6 is 34.2 Å². The van der Waals surface area contributed by atoms with Crippen molar-refractivity contribution in [2.75, 3.05) is 20.3 Å². The molecule has 183 valence electrons. The van der Waals surface area contributed by atoms with Crippen LogP contribution in [0, 0.1) is 10.7 Å². The van der Waals surface area contributed by atoms with E-state index in [1.54, 1.807) is 48.5 Å². The van der Waals surface area contributed by atoms with Gasteiger partial charge < -0.3 is 46.5 Å². The number of para-hydroxylation sites is 2. The molecule has 1 aliphatic rings. The van der Waals surface area contributed by atoms with Crippen molar-refractivity contribution in [1.29, 1.82) is 0 Å². The third-order valence-electron chi connectivity index (χ3n) is 4.06. The Morgan fingerprint density at radius 2 is 1.66 bits per heavy atom. The molecule has 2 aromatic carbocycles. The zero-order valence-corrected chi connectivity index (χ0v) is 22.5. The minimum atomic E-state index is -0.915. The molecule has 13 heteroatoms. The number of nitrogens with zero attached hydrogens (tertiary/aromatic N) is 4. The molecule has 0 saturated heterocycles. The van der Waals surface area contributed by atoms with Crippen LogP contribution in [0.25, 0.3) is 0 Å². The fraction of sp³-hybridized carbons (Fsp3) is 0.136. The van der Waals surface area contributed by atoms with E-state index in [9.17, 15) is 0 Å². The molecule has 0 saturated carbocycles. The SMILES string of the molecule is CO/N=C(\C1=NOCCO1)c1ccccc1Oc1ncnc(Oc2ccccc2Cl)c1F.[CH2-]I.[V]. The quantitative estimate of drug-likeness (QED) is 0.139. The molecule has 0 amide bonds. The van der Waals surface area contributed by atoms with Crippen LogP contribution in [0.2, 0.25) is 5.02 Å². The molecule has 0 unspecified atom stereocenters. The number of halogens is 3. The van der Waals surface area contributed by atoms with Crippen LogP contribution in [0.5, 0.6) is 23.3 Å². The molecule has 0 bridgehead atoms. The fourth-order valence-electron chi connectivity index (χ4n) is 2.68. The third kappa shape index (κ3) is 7.44. The van der Waals surface area contributed by atoms with Gasteiger partial charge in [-0.15, -0.1) is 0 Å². The van der Waals surface area contributed by atoms with E-state index in [4.69, 9.17) is 35.5 Å². The van der Waals surface area contributed by atoms with E-state index in [-0.39, 0.29) is 60.0 Å². The maximum Gasteiger partial charge on any atom is 0.280 e. The van der Waals surface area contributed by atoms with Crippen molar-refractivity contribution in [2.45, 2.75) is 0 Å². The second-order valence-corrected chi connectivity index (χ2v) is 6.54. The molecule has 4 rings (SSSR count). The molecule has 0 atom stereocenters. The zero-order valence-electron chi connectivity index (χ0n) is 18.2. The van der Waals surface area contributed by atoms with Crippen molar-refractivity contribution in [3.05, 3.63) is 76.2 Å². The van der Waals surface area contributed by atoms with E-state index in [0.29, 0.717) is 17.2 Å². The Bertz CT molecular complexity index is 1190. The van der Waals surface area contributed by atoms with Crippen LogP contribution in [-0.2, 0) is 33.0 Å². The second-order valence-electron chi connectivity index (χ2n) is 6.13. The Hall–Kier alpha value is -2.61. The van der Waals surface area contributed by atoms with Gasteiger partial charge in [-0.1, -0.05) is 41.0 Å². The number of aromatic nitrogens is 2. The predicted octanol–water partition coefficient (Wildman–Crippen LogP) is 5.77. The average Bonchev–Trinajstić information content (AvgIpc) is 2.88. The van der Waals surface area contributed by atoms with Gasteiger partial charge in [-0.25, -0.2) is 0 Å². The Labute approximate surface area is 231 Å². The van der Waals surface area contributed by atoms with Crippen molar-refractivity contribution in [3.8, 4) is 23.3 Å². The molecule has 0 N–H and O–H groups in total. The van der Waals surface area contributed by atoms with Crippen LogP contribution in [0.4, 0.5) is 4.39 Å². The van der Waals surface area contributed by atoms with Crippen molar-refractivity contribution >= 4 is 45.8 Å². The first-order valence-corrected chi connectivity index (χ1v) is 11.5. The van der Waals surface area contributed by atoms with Crippen molar-refractivity contribution < 1.29 is 46.8 Å². The Kier molecular flexibility index (Phi) is 12.0. The van der Waals surface area contributed by atoms with Crippen molar-refractivity contribution in [2.24, 2.45) is 10.3 Å². The Morgan fingerprint density at radius 1 is 1.03 bits per heavy atom. The molecule has 0 aliphatic carbocycles. The molecule has 0 spiro atoms. The van der Waals surface area contributed by atoms with Gasteiger partial charge in [0.05, 0.1) is 10.6 Å². The number of hydrogen-bond donors (Lipinski definition) is 0. The maximum atomic E-state index is 15.1. The van der Waals surface area contributed by atoms with Gasteiger partial charge in [0.2, 0.25) is 5.82 Å². The minimum Gasteiger partial charge on any atom is -0.470 e. The van der Waals surface area contributed by atoms with Crippen molar-refractivity contribution in [1.82, 2.24) is 9.97 Å². The molecule has 1 radical (unpaired) electrons. The van der Waals surface area contributed by atoms with Crippen LogP contribution in [0.15, 0.2) is 65.2 Å². The van der Waals surface area contributed by atoms with E-state index < -0.39 is 5.82 Å². The number of rotatable bonds is 7. The number of hydrogen-bond acceptors (Lipinski definition) is 9. The molecular weight excluding hydrogens is 633 g/mol. The molecule has 1 aromatic heterocycles. The van der Waals surface area contributed by atoms with Gasteiger partial charge in [0.15, 0.2) is 12.3 Å². The summed E-state index contributed by atoms with van der Waals surface area (Å²) in [5, 5.41) is 8.12. The third-order valence-corrected chi connectivity index (χ3v) is 4.38. The van der Waals surface area contributed by atoms with Gasteiger partial charge in [0.1, 0.15) is 31.5 Å². The van der Waals surface area contributed by atoms with Gasteiger partial charge in [-0.3, -0.25) is 4.93 Å². The predicted molar refractivity (Wildman–Crippen MR) is 132 cm³/mol. The Balaban J connectivity index is 0.00000140. The number of oxime groups is 2. The van der Waals surface area contributed by atoms with Gasteiger partial charge in [0, 0.05) is 18.6 Å². The average molecular weight is 651 g/mol. The monoisotopic (exact) mass is 650 g/mol. The molecule has 2 heterocycles. The summed E-state index contributed by atoms with van der Waals surface area (Å²) in [7, 11) is 1.37. The second kappa shape index (κ2) is 14.7. The number of benzene rings is 2. The van der Waals surface area contributed by atoms with E-state index in [2.05, 4.69) is 25.2 Å². The standard InChI is InChI=1S/C21H16ClFN4O5.CH2I.V/c1-28-26-18(21-27-30-11-10-29-21)13-6-2-4-8-15(13)31-19-17(23)20(25-12-24-19)32-16-9-5-3-7-14(16)22;1-2;/h2-9,12H,10-11H2,1H3;1H2;/q;-1;/b26-18-;;. The normalized spacial score (nSPS) is 12.5. The minimum absolute atomic E-state index is 0. The van der Waals surface area contributed by atoms with Gasteiger partial charge in [-0.2, -0.15) is 14.4 Å². The summed E-state index contributed by atoms with van der Waals surface area (Å²) in [5.41, 5.74) is 0.606. The van der Waals surface area contributed by atoms with E-state index in [1.807, 2.05) is 22.6 Å². The molecule has 9 nitrogen and oxygen atoms in total. The molecule has 1 aliphatic heterocycles. The van der Waals surface area contributed by atoms with Crippen LogP contribution in [-0.4, -0.2) is 41.9 Å². The van der Waals surface area contributed by atoms with E-state index in [0.717, 1.165) is 6.33 Å².